The molecule has 0 aliphatic carbocycles. The van der Waals surface area contributed by atoms with Gasteiger partial charge >= 0.3 is 0 Å². The smallest absolute Gasteiger partial charge is 0.105 e. The Kier molecular flexibility index (Phi) is 7.45. The van der Waals surface area contributed by atoms with E-state index in [1.54, 1.807) is 7.05 Å². The molecule has 0 amide bonds. The Morgan fingerprint density at radius 2 is 2.07 bits per heavy atom. The van der Waals surface area contributed by atoms with Crippen molar-refractivity contribution in [1.82, 2.24) is 5.32 Å². The summed E-state index contributed by atoms with van der Waals surface area (Å²) in [5.41, 5.74) is -0.440. The molecule has 1 unspecified atom stereocenters. The zero-order chi connectivity index (χ0) is 10.9. The maximum Gasteiger partial charge on any atom is 0.105 e. The summed E-state index contributed by atoms with van der Waals surface area (Å²) in [4.78, 5) is 0. The lowest BCUT2D eigenvalue weighted by atomic mass is 10.0. The summed E-state index contributed by atoms with van der Waals surface area (Å²) in [6.07, 6.45) is 4.31. The third-order valence-electron chi connectivity index (χ3n) is 2.44. The molecule has 0 heterocycles. The summed E-state index contributed by atoms with van der Waals surface area (Å²) in [5, 5.41) is 11.8. The van der Waals surface area contributed by atoms with Gasteiger partial charge in [0.2, 0.25) is 0 Å². The van der Waals surface area contributed by atoms with E-state index in [0.717, 1.165) is 19.4 Å². The molecule has 0 rings (SSSR count). The molecular weight excluding hydrogens is 176 g/mol. The lowest BCUT2D eigenvalue weighted by molar-refractivity contribution is 0.116. The van der Waals surface area contributed by atoms with Crippen LogP contribution in [0.1, 0.15) is 39.5 Å². The fraction of sp³-hybridized carbons (Fsp3) is 0.909. The van der Waals surface area contributed by atoms with Gasteiger partial charge in [-0.1, -0.05) is 19.8 Å². The third kappa shape index (κ3) is 5.95. The van der Waals surface area contributed by atoms with Crippen molar-refractivity contribution in [2.24, 2.45) is 0 Å². The molecule has 1 atom stereocenters. The Morgan fingerprint density at radius 1 is 1.36 bits per heavy atom. The highest BCUT2D eigenvalue weighted by molar-refractivity contribution is 5.02. The topological polar surface area (TPSA) is 45.0 Å². The zero-order valence-corrected chi connectivity index (χ0v) is 9.60. The van der Waals surface area contributed by atoms with E-state index in [2.05, 4.69) is 18.3 Å². The SMILES string of the molecule is CCCCCOCCC(C)(C#N)NC. The number of ether oxygens (including phenoxy) is 1. The molecule has 0 saturated heterocycles. The lowest BCUT2D eigenvalue weighted by Gasteiger charge is -2.20. The standard InChI is InChI=1S/C11H22N2O/c1-4-5-6-8-14-9-7-11(2,10-12)13-3/h13H,4-9H2,1-3H3. The molecule has 0 radical (unpaired) electrons. The van der Waals surface area contributed by atoms with Crippen molar-refractivity contribution in [3.63, 3.8) is 0 Å². The predicted molar refractivity (Wildman–Crippen MR) is 58.0 cm³/mol. The van der Waals surface area contributed by atoms with Gasteiger partial charge < -0.3 is 10.1 Å². The van der Waals surface area contributed by atoms with E-state index >= 15 is 0 Å². The average molecular weight is 198 g/mol. The molecule has 0 fully saturated rings. The second-order valence-electron chi connectivity index (χ2n) is 3.76. The first kappa shape index (κ1) is 13.4. The molecule has 0 aromatic heterocycles. The summed E-state index contributed by atoms with van der Waals surface area (Å²) in [6.45, 7) is 5.55. The summed E-state index contributed by atoms with van der Waals surface area (Å²) in [7, 11) is 1.81. The first-order valence-corrected chi connectivity index (χ1v) is 5.36. The van der Waals surface area contributed by atoms with Gasteiger partial charge in [-0.2, -0.15) is 5.26 Å². The van der Waals surface area contributed by atoms with E-state index in [0.29, 0.717) is 6.61 Å². The second kappa shape index (κ2) is 7.78. The largest absolute Gasteiger partial charge is 0.381 e. The molecule has 14 heavy (non-hydrogen) atoms. The minimum absolute atomic E-state index is 0.440. The van der Waals surface area contributed by atoms with Crippen molar-refractivity contribution >= 4 is 0 Å². The van der Waals surface area contributed by atoms with E-state index < -0.39 is 5.54 Å². The molecule has 0 saturated carbocycles. The van der Waals surface area contributed by atoms with Gasteiger partial charge in [-0.15, -0.1) is 0 Å². The molecule has 0 spiro atoms. The molecule has 1 N–H and O–H groups in total. The van der Waals surface area contributed by atoms with Crippen molar-refractivity contribution in [1.29, 1.82) is 5.26 Å². The van der Waals surface area contributed by atoms with Crippen LogP contribution in [0.3, 0.4) is 0 Å². The second-order valence-corrected chi connectivity index (χ2v) is 3.76. The van der Waals surface area contributed by atoms with Crippen LogP contribution in [-0.4, -0.2) is 25.8 Å². The van der Waals surface area contributed by atoms with Gasteiger partial charge in [0.05, 0.1) is 6.07 Å². The van der Waals surface area contributed by atoms with Crippen molar-refractivity contribution in [3.05, 3.63) is 0 Å². The summed E-state index contributed by atoms with van der Waals surface area (Å²) >= 11 is 0. The Bertz CT molecular complexity index is 177. The maximum absolute atomic E-state index is 8.86. The quantitative estimate of drug-likeness (QED) is 0.607. The summed E-state index contributed by atoms with van der Waals surface area (Å²) in [5.74, 6) is 0. The Labute approximate surface area is 87.4 Å². The van der Waals surface area contributed by atoms with Crippen molar-refractivity contribution in [3.8, 4) is 6.07 Å². The van der Waals surface area contributed by atoms with Crippen molar-refractivity contribution in [2.75, 3.05) is 20.3 Å². The number of nitrogens with zero attached hydrogens (tertiary/aromatic N) is 1. The van der Waals surface area contributed by atoms with Crippen LogP contribution < -0.4 is 5.32 Å². The molecular formula is C11H22N2O. The molecule has 3 heteroatoms. The molecule has 3 nitrogen and oxygen atoms in total. The number of nitriles is 1. The highest BCUT2D eigenvalue weighted by Gasteiger charge is 2.20. The molecule has 82 valence electrons. The van der Waals surface area contributed by atoms with Crippen LogP contribution in [0.25, 0.3) is 0 Å². The van der Waals surface area contributed by atoms with E-state index in [9.17, 15) is 0 Å². The lowest BCUT2D eigenvalue weighted by Crippen LogP contribution is -2.39. The van der Waals surface area contributed by atoms with Crippen LogP contribution in [0.2, 0.25) is 0 Å². The first-order valence-electron chi connectivity index (χ1n) is 5.36. The van der Waals surface area contributed by atoms with Gasteiger partial charge in [0, 0.05) is 19.6 Å². The molecule has 0 aliphatic heterocycles. The first-order chi connectivity index (χ1) is 6.68. The maximum atomic E-state index is 8.86. The van der Waals surface area contributed by atoms with E-state index in [1.807, 2.05) is 6.92 Å². The number of hydrogen-bond acceptors (Lipinski definition) is 3. The van der Waals surface area contributed by atoms with E-state index in [1.165, 1.54) is 12.8 Å². The van der Waals surface area contributed by atoms with Crippen molar-refractivity contribution < 1.29 is 4.74 Å². The Hall–Kier alpha value is -0.590. The normalized spacial score (nSPS) is 14.7. The van der Waals surface area contributed by atoms with Crippen LogP contribution >= 0.6 is 0 Å². The van der Waals surface area contributed by atoms with Crippen LogP contribution in [0.4, 0.5) is 0 Å². The highest BCUT2D eigenvalue weighted by atomic mass is 16.5. The number of nitrogens with one attached hydrogen (secondary N) is 1. The predicted octanol–water partition coefficient (Wildman–Crippen LogP) is 2.08. The van der Waals surface area contributed by atoms with Gasteiger partial charge in [-0.05, 0) is 20.4 Å². The molecule has 0 bridgehead atoms. The average Bonchev–Trinajstić information content (AvgIpc) is 2.23. The monoisotopic (exact) mass is 198 g/mol. The van der Waals surface area contributed by atoms with Crippen LogP contribution in [0.15, 0.2) is 0 Å². The highest BCUT2D eigenvalue weighted by Crippen LogP contribution is 2.07. The van der Waals surface area contributed by atoms with Gasteiger partial charge in [0.15, 0.2) is 0 Å². The summed E-state index contributed by atoms with van der Waals surface area (Å²) < 4.78 is 5.44. The number of hydrogen-bond donors (Lipinski definition) is 1. The summed E-state index contributed by atoms with van der Waals surface area (Å²) in [6, 6.07) is 2.24. The van der Waals surface area contributed by atoms with Gasteiger partial charge in [0.1, 0.15) is 5.54 Å². The van der Waals surface area contributed by atoms with Gasteiger partial charge in [0.25, 0.3) is 0 Å². The zero-order valence-electron chi connectivity index (χ0n) is 9.60. The number of unbranched alkanes of at least 4 members (excludes halogenated alkanes) is 2. The minimum Gasteiger partial charge on any atom is -0.381 e. The van der Waals surface area contributed by atoms with Crippen LogP contribution in [-0.2, 0) is 4.74 Å². The van der Waals surface area contributed by atoms with Crippen LogP contribution in [0.5, 0.6) is 0 Å². The Morgan fingerprint density at radius 3 is 2.57 bits per heavy atom. The van der Waals surface area contributed by atoms with Crippen LogP contribution in [0, 0.1) is 11.3 Å². The fourth-order valence-corrected chi connectivity index (χ4v) is 1.07. The molecule has 0 aromatic rings. The minimum atomic E-state index is -0.440. The van der Waals surface area contributed by atoms with E-state index in [4.69, 9.17) is 10.00 Å². The van der Waals surface area contributed by atoms with Gasteiger partial charge in [-0.25, -0.2) is 0 Å². The van der Waals surface area contributed by atoms with Crippen molar-refractivity contribution in [2.45, 2.75) is 45.1 Å². The van der Waals surface area contributed by atoms with E-state index in [-0.39, 0.29) is 0 Å². The Balaban J connectivity index is 3.40. The molecule has 0 aromatic carbocycles. The molecule has 0 aliphatic rings. The fourth-order valence-electron chi connectivity index (χ4n) is 1.07. The van der Waals surface area contributed by atoms with Gasteiger partial charge in [-0.3, -0.25) is 0 Å². The third-order valence-corrected chi connectivity index (χ3v) is 2.44. The number of rotatable bonds is 8.